The monoisotopic (exact) mass is 282 g/mol. The fourth-order valence-corrected chi connectivity index (χ4v) is 2.87. The summed E-state index contributed by atoms with van der Waals surface area (Å²) in [5, 5.41) is 0. The lowest BCUT2D eigenvalue weighted by molar-refractivity contribution is 0.180. The summed E-state index contributed by atoms with van der Waals surface area (Å²) in [4.78, 5) is 13.6. The van der Waals surface area contributed by atoms with Crippen LogP contribution in [-0.2, 0) is 6.54 Å². The zero-order valence-electron chi connectivity index (χ0n) is 12.7. The lowest BCUT2D eigenvalue weighted by Gasteiger charge is -2.40. The Bertz CT molecular complexity index is 584. The molecule has 0 unspecified atom stereocenters. The first kappa shape index (κ1) is 14.0. The van der Waals surface area contributed by atoms with E-state index < -0.39 is 0 Å². The molecule has 0 spiro atoms. The highest BCUT2D eigenvalue weighted by atomic mass is 15.3. The molecule has 110 valence electrons. The van der Waals surface area contributed by atoms with Crippen LogP contribution in [0.25, 0.3) is 0 Å². The third kappa shape index (κ3) is 3.39. The second-order valence-electron chi connectivity index (χ2n) is 5.76. The van der Waals surface area contributed by atoms with Gasteiger partial charge >= 0.3 is 0 Å². The highest BCUT2D eigenvalue weighted by Gasteiger charge is 2.24. The van der Waals surface area contributed by atoms with Gasteiger partial charge in [0.05, 0.1) is 0 Å². The molecule has 4 nitrogen and oxygen atoms in total. The summed E-state index contributed by atoms with van der Waals surface area (Å²) >= 11 is 0. The number of pyridine rings is 2. The Morgan fingerprint density at radius 3 is 2.67 bits per heavy atom. The van der Waals surface area contributed by atoms with Crippen molar-refractivity contribution >= 4 is 5.82 Å². The number of aromatic nitrogens is 2. The second kappa shape index (κ2) is 6.22. The largest absolute Gasteiger partial charge is 0.354 e. The van der Waals surface area contributed by atoms with Crippen LogP contribution in [0, 0.1) is 6.92 Å². The van der Waals surface area contributed by atoms with Gasteiger partial charge in [-0.25, -0.2) is 4.98 Å². The lowest BCUT2D eigenvalue weighted by Crippen LogP contribution is -2.51. The smallest absolute Gasteiger partial charge is 0.128 e. The molecular formula is C17H22N4. The van der Waals surface area contributed by atoms with Crippen LogP contribution in [0.4, 0.5) is 5.82 Å². The van der Waals surface area contributed by atoms with Gasteiger partial charge in [0, 0.05) is 50.3 Å². The van der Waals surface area contributed by atoms with Crippen molar-refractivity contribution in [1.29, 1.82) is 0 Å². The van der Waals surface area contributed by atoms with E-state index in [-0.39, 0.29) is 0 Å². The molecule has 1 fully saturated rings. The minimum atomic E-state index is 0.522. The number of rotatable bonds is 3. The fraction of sp³-hybridized carbons (Fsp3) is 0.412. The van der Waals surface area contributed by atoms with E-state index in [4.69, 9.17) is 0 Å². The van der Waals surface area contributed by atoms with Crippen LogP contribution < -0.4 is 4.90 Å². The molecule has 0 amide bonds. The molecule has 0 saturated carbocycles. The van der Waals surface area contributed by atoms with Gasteiger partial charge in [0.1, 0.15) is 5.82 Å². The third-order valence-corrected chi connectivity index (χ3v) is 4.10. The van der Waals surface area contributed by atoms with Gasteiger partial charge in [-0.1, -0.05) is 6.07 Å². The maximum atomic E-state index is 4.64. The average Bonchev–Trinajstić information content (AvgIpc) is 2.50. The van der Waals surface area contributed by atoms with Crippen molar-refractivity contribution in [3.8, 4) is 0 Å². The van der Waals surface area contributed by atoms with Crippen LogP contribution in [0.3, 0.4) is 0 Å². The van der Waals surface area contributed by atoms with Crippen LogP contribution in [0.1, 0.15) is 18.2 Å². The zero-order chi connectivity index (χ0) is 14.7. The van der Waals surface area contributed by atoms with E-state index in [1.165, 1.54) is 5.56 Å². The van der Waals surface area contributed by atoms with Crippen molar-refractivity contribution in [1.82, 2.24) is 14.9 Å². The molecule has 21 heavy (non-hydrogen) atoms. The maximum Gasteiger partial charge on any atom is 0.128 e. The summed E-state index contributed by atoms with van der Waals surface area (Å²) in [6.45, 7) is 8.47. The minimum absolute atomic E-state index is 0.522. The number of nitrogens with zero attached hydrogens (tertiary/aromatic N) is 4. The fourth-order valence-electron chi connectivity index (χ4n) is 2.87. The SMILES string of the molecule is Cc1cccc(N2CCN(Cc3ccncc3)[C@@H](C)C2)n1. The van der Waals surface area contributed by atoms with E-state index in [1.54, 1.807) is 0 Å². The van der Waals surface area contributed by atoms with Crippen molar-refractivity contribution in [3.63, 3.8) is 0 Å². The third-order valence-electron chi connectivity index (χ3n) is 4.10. The average molecular weight is 282 g/mol. The molecule has 2 aromatic rings. The van der Waals surface area contributed by atoms with Crippen LogP contribution >= 0.6 is 0 Å². The van der Waals surface area contributed by atoms with Gasteiger partial charge in [-0.2, -0.15) is 0 Å². The first-order valence-corrected chi connectivity index (χ1v) is 7.54. The summed E-state index contributed by atoms with van der Waals surface area (Å²) in [6, 6.07) is 11.0. The van der Waals surface area contributed by atoms with Gasteiger partial charge in [0.15, 0.2) is 0 Å². The first-order valence-electron chi connectivity index (χ1n) is 7.54. The minimum Gasteiger partial charge on any atom is -0.354 e. The molecule has 3 heterocycles. The molecule has 3 rings (SSSR count). The van der Waals surface area contributed by atoms with Gasteiger partial charge in [-0.05, 0) is 43.7 Å². The van der Waals surface area contributed by atoms with E-state index in [2.05, 4.69) is 51.0 Å². The molecule has 0 N–H and O–H groups in total. The van der Waals surface area contributed by atoms with Crippen LogP contribution in [0.15, 0.2) is 42.7 Å². The van der Waals surface area contributed by atoms with Crippen LogP contribution in [0.5, 0.6) is 0 Å². The van der Waals surface area contributed by atoms with Crippen molar-refractivity contribution in [3.05, 3.63) is 54.0 Å². The lowest BCUT2D eigenvalue weighted by atomic mass is 10.1. The Morgan fingerprint density at radius 1 is 1.14 bits per heavy atom. The summed E-state index contributed by atoms with van der Waals surface area (Å²) in [6.07, 6.45) is 3.74. The van der Waals surface area contributed by atoms with Crippen LogP contribution in [-0.4, -0.2) is 40.5 Å². The van der Waals surface area contributed by atoms with Gasteiger partial charge < -0.3 is 4.90 Å². The molecule has 0 aromatic carbocycles. The maximum absolute atomic E-state index is 4.64. The highest BCUT2D eigenvalue weighted by Crippen LogP contribution is 2.19. The Balaban J connectivity index is 1.64. The number of hydrogen-bond acceptors (Lipinski definition) is 4. The highest BCUT2D eigenvalue weighted by molar-refractivity contribution is 5.40. The predicted octanol–water partition coefficient (Wildman–Crippen LogP) is 2.50. The number of anilines is 1. The molecule has 1 atom stereocenters. The molecule has 1 aliphatic heterocycles. The molecule has 4 heteroatoms. The summed E-state index contributed by atoms with van der Waals surface area (Å²) in [7, 11) is 0. The predicted molar refractivity (Wildman–Crippen MR) is 85.3 cm³/mol. The zero-order valence-corrected chi connectivity index (χ0v) is 12.7. The summed E-state index contributed by atoms with van der Waals surface area (Å²) < 4.78 is 0. The topological polar surface area (TPSA) is 32.3 Å². The number of piperazine rings is 1. The van der Waals surface area contributed by atoms with Gasteiger partial charge in [-0.3, -0.25) is 9.88 Å². The Hall–Kier alpha value is -1.94. The Morgan fingerprint density at radius 2 is 1.95 bits per heavy atom. The van der Waals surface area contributed by atoms with E-state index in [9.17, 15) is 0 Å². The van der Waals surface area contributed by atoms with E-state index >= 15 is 0 Å². The van der Waals surface area contributed by atoms with Crippen LogP contribution in [0.2, 0.25) is 0 Å². The molecule has 1 aliphatic rings. The van der Waals surface area contributed by atoms with E-state index in [0.29, 0.717) is 6.04 Å². The molecule has 2 aromatic heterocycles. The van der Waals surface area contributed by atoms with Crippen molar-refractivity contribution < 1.29 is 0 Å². The van der Waals surface area contributed by atoms with Crippen molar-refractivity contribution in [2.24, 2.45) is 0 Å². The van der Waals surface area contributed by atoms with E-state index in [0.717, 1.165) is 37.7 Å². The molecule has 0 radical (unpaired) electrons. The summed E-state index contributed by atoms with van der Waals surface area (Å²) in [5.74, 6) is 1.10. The quantitative estimate of drug-likeness (QED) is 0.866. The molecule has 0 bridgehead atoms. The van der Waals surface area contributed by atoms with Gasteiger partial charge in [-0.15, -0.1) is 0 Å². The Kier molecular flexibility index (Phi) is 4.15. The number of aryl methyl sites for hydroxylation is 1. The van der Waals surface area contributed by atoms with Gasteiger partial charge in [0.25, 0.3) is 0 Å². The van der Waals surface area contributed by atoms with Crippen molar-refractivity contribution in [2.45, 2.75) is 26.4 Å². The normalized spacial score (nSPS) is 19.7. The summed E-state index contributed by atoms with van der Waals surface area (Å²) in [5.41, 5.74) is 2.42. The van der Waals surface area contributed by atoms with E-state index in [1.807, 2.05) is 25.4 Å². The van der Waals surface area contributed by atoms with Gasteiger partial charge in [0.2, 0.25) is 0 Å². The standard InChI is InChI=1S/C17H22N4/c1-14-4-3-5-17(19-14)21-11-10-20(15(2)12-21)13-16-6-8-18-9-7-16/h3-9,15H,10-13H2,1-2H3/t15-/m0/s1. The first-order chi connectivity index (χ1) is 10.2. The molecular weight excluding hydrogens is 260 g/mol. The number of hydrogen-bond donors (Lipinski definition) is 0. The second-order valence-corrected chi connectivity index (χ2v) is 5.76. The molecule has 0 aliphatic carbocycles. The Labute approximate surface area is 126 Å². The van der Waals surface area contributed by atoms with Crippen molar-refractivity contribution in [2.75, 3.05) is 24.5 Å². The molecule has 1 saturated heterocycles.